The second-order valence-electron chi connectivity index (χ2n) is 6.71. The number of amides is 1. The number of Topliss-reactive ketones (excluding diaryl/α,β-unsaturated/α-hetero) is 1. The van der Waals surface area contributed by atoms with Crippen molar-refractivity contribution in [3.8, 4) is 16.9 Å². The number of fused-ring (bicyclic) bond motifs is 1. The van der Waals surface area contributed by atoms with E-state index in [0.29, 0.717) is 26.2 Å². The number of thiophene rings is 1. The molecule has 7 heteroatoms. The highest BCUT2D eigenvalue weighted by Gasteiger charge is 2.53. The van der Waals surface area contributed by atoms with Crippen molar-refractivity contribution in [1.82, 2.24) is 0 Å². The van der Waals surface area contributed by atoms with Crippen LogP contribution in [-0.4, -0.2) is 18.8 Å². The molecule has 1 atom stereocenters. The van der Waals surface area contributed by atoms with Crippen LogP contribution in [0, 0.1) is 5.82 Å². The van der Waals surface area contributed by atoms with E-state index in [0.717, 1.165) is 16.9 Å². The molecule has 148 valence electrons. The van der Waals surface area contributed by atoms with Crippen LogP contribution < -0.4 is 10.1 Å². The van der Waals surface area contributed by atoms with Crippen molar-refractivity contribution in [2.24, 2.45) is 0 Å². The molecule has 0 spiro atoms. The number of hydrogen-bond donors (Lipinski definition) is 1. The Morgan fingerprint density at radius 2 is 1.79 bits per heavy atom. The average Bonchev–Trinajstić information content (AvgIpc) is 3.05. The maximum absolute atomic E-state index is 14.7. The Balaban J connectivity index is 1.94. The van der Waals surface area contributed by atoms with Gasteiger partial charge in [-0.3, -0.25) is 9.59 Å². The van der Waals surface area contributed by atoms with Crippen molar-refractivity contribution in [1.29, 1.82) is 0 Å². The highest BCUT2D eigenvalue weighted by molar-refractivity contribution is 7.21. The minimum absolute atomic E-state index is 0.0682. The first-order chi connectivity index (χ1) is 13.9. The second kappa shape index (κ2) is 7.28. The Kier molecular flexibility index (Phi) is 4.92. The van der Waals surface area contributed by atoms with Gasteiger partial charge in [0.2, 0.25) is 5.91 Å². The smallest absolute Gasteiger partial charge is 0.243 e. The topological polar surface area (TPSA) is 55.4 Å². The lowest BCUT2D eigenvalue weighted by Crippen LogP contribution is -2.50. The minimum atomic E-state index is -1.65. The fourth-order valence-electron chi connectivity index (χ4n) is 3.81. The van der Waals surface area contributed by atoms with E-state index in [9.17, 15) is 14.0 Å². The lowest BCUT2D eigenvalue weighted by molar-refractivity contribution is -0.120. The quantitative estimate of drug-likeness (QED) is 0.541. The van der Waals surface area contributed by atoms with E-state index in [1.54, 1.807) is 44.4 Å². The number of benzene rings is 2. The number of ketones is 1. The molecule has 0 aliphatic carbocycles. The van der Waals surface area contributed by atoms with Crippen molar-refractivity contribution in [3.63, 3.8) is 0 Å². The van der Waals surface area contributed by atoms with Crippen LogP contribution in [0.2, 0.25) is 4.34 Å². The number of nitrogens with one attached hydrogen (secondary N) is 1. The third kappa shape index (κ3) is 2.86. The normalized spacial score (nSPS) is 18.3. The van der Waals surface area contributed by atoms with Crippen LogP contribution in [0.15, 0.2) is 48.5 Å². The van der Waals surface area contributed by atoms with Crippen LogP contribution in [0.4, 0.5) is 9.39 Å². The average molecular weight is 430 g/mol. The summed E-state index contributed by atoms with van der Waals surface area (Å²) in [7, 11) is 1.57. The highest BCUT2D eigenvalue weighted by Crippen LogP contribution is 2.50. The summed E-state index contributed by atoms with van der Waals surface area (Å²) in [5.74, 6) is -0.906. The molecule has 1 N–H and O–H groups in total. The van der Waals surface area contributed by atoms with Gasteiger partial charge in [-0.1, -0.05) is 48.9 Å². The van der Waals surface area contributed by atoms with Crippen LogP contribution >= 0.6 is 22.9 Å². The summed E-state index contributed by atoms with van der Waals surface area (Å²) in [5.41, 5.74) is -0.0115. The van der Waals surface area contributed by atoms with Crippen molar-refractivity contribution in [2.45, 2.75) is 18.8 Å². The van der Waals surface area contributed by atoms with E-state index in [2.05, 4.69) is 5.32 Å². The molecule has 1 aliphatic heterocycles. The van der Waals surface area contributed by atoms with Crippen molar-refractivity contribution < 1.29 is 18.7 Å². The van der Waals surface area contributed by atoms with Gasteiger partial charge < -0.3 is 10.1 Å². The van der Waals surface area contributed by atoms with Crippen LogP contribution in [0.5, 0.6) is 5.75 Å². The van der Waals surface area contributed by atoms with Gasteiger partial charge in [-0.25, -0.2) is 4.39 Å². The van der Waals surface area contributed by atoms with Crippen LogP contribution in [0.3, 0.4) is 0 Å². The Bertz CT molecular complexity index is 1130. The molecule has 0 saturated carbocycles. The molecule has 4 rings (SSSR count). The molecule has 2 heterocycles. The number of carbonyl (C=O) groups is 2. The van der Waals surface area contributed by atoms with Gasteiger partial charge in [-0.05, 0) is 30.2 Å². The first-order valence-electron chi connectivity index (χ1n) is 9.02. The molecule has 1 amide bonds. The summed E-state index contributed by atoms with van der Waals surface area (Å²) in [6.07, 6.45) is 0.119. The molecule has 3 aromatic rings. The van der Waals surface area contributed by atoms with E-state index in [-0.39, 0.29) is 12.0 Å². The molecule has 1 aromatic heterocycles. The maximum atomic E-state index is 14.7. The SMILES string of the molecule is CCC1(c2ccccc2F)C(=O)Nc2sc(Cl)c(-c3ccc(OC)cc3)c2C1=O. The van der Waals surface area contributed by atoms with Gasteiger partial charge in [-0.2, -0.15) is 0 Å². The zero-order chi connectivity index (χ0) is 20.8. The number of anilines is 1. The molecule has 4 nitrogen and oxygen atoms in total. The number of rotatable bonds is 4. The van der Waals surface area contributed by atoms with Crippen molar-refractivity contribution in [3.05, 3.63) is 69.8 Å². The van der Waals surface area contributed by atoms with Crippen molar-refractivity contribution in [2.75, 3.05) is 12.4 Å². The van der Waals surface area contributed by atoms with Gasteiger partial charge in [0.15, 0.2) is 5.78 Å². The van der Waals surface area contributed by atoms with Gasteiger partial charge in [0, 0.05) is 11.1 Å². The molecule has 29 heavy (non-hydrogen) atoms. The number of ether oxygens (including phenoxy) is 1. The summed E-state index contributed by atoms with van der Waals surface area (Å²) < 4.78 is 20.2. The molecule has 1 unspecified atom stereocenters. The second-order valence-corrected chi connectivity index (χ2v) is 8.33. The van der Waals surface area contributed by atoms with E-state index in [4.69, 9.17) is 16.3 Å². The third-order valence-corrected chi connectivity index (χ3v) is 6.65. The molecule has 1 aliphatic rings. The molecular formula is C22H17ClFNO3S. The van der Waals surface area contributed by atoms with Gasteiger partial charge in [0.05, 0.1) is 12.7 Å². The first-order valence-corrected chi connectivity index (χ1v) is 10.2. The van der Waals surface area contributed by atoms with Gasteiger partial charge in [-0.15, -0.1) is 11.3 Å². The Morgan fingerprint density at radius 1 is 1.10 bits per heavy atom. The van der Waals surface area contributed by atoms with Gasteiger partial charge in [0.25, 0.3) is 0 Å². The lowest BCUT2D eigenvalue weighted by atomic mass is 9.69. The number of halogens is 2. The van der Waals surface area contributed by atoms with Crippen molar-refractivity contribution >= 4 is 39.6 Å². The molecule has 0 radical (unpaired) electrons. The predicted octanol–water partition coefficient (Wildman–Crippen LogP) is 5.70. The zero-order valence-electron chi connectivity index (χ0n) is 15.7. The van der Waals surface area contributed by atoms with Gasteiger partial charge >= 0.3 is 0 Å². The summed E-state index contributed by atoms with van der Waals surface area (Å²) in [6.45, 7) is 1.70. The predicted molar refractivity (Wildman–Crippen MR) is 113 cm³/mol. The minimum Gasteiger partial charge on any atom is -0.497 e. The standard InChI is InChI=1S/C22H17ClFNO3S/c1-3-22(14-6-4-5-7-15(14)24)18(26)17-16(12-8-10-13(28-2)11-9-12)19(23)29-20(17)25-21(22)27/h4-11H,3H2,1-2H3,(H,25,27). The summed E-state index contributed by atoms with van der Waals surface area (Å²) in [4.78, 5) is 26.8. The largest absolute Gasteiger partial charge is 0.497 e. The lowest BCUT2D eigenvalue weighted by Gasteiger charge is -2.34. The van der Waals surface area contributed by atoms with Gasteiger partial charge in [0.1, 0.15) is 26.3 Å². The molecule has 0 bridgehead atoms. The number of hydrogen-bond acceptors (Lipinski definition) is 4. The first kappa shape index (κ1) is 19.6. The van der Waals surface area contributed by atoms with E-state index in [1.165, 1.54) is 18.2 Å². The summed E-state index contributed by atoms with van der Waals surface area (Å²) in [6, 6.07) is 13.0. The van der Waals surface area contributed by atoms with Crippen LogP contribution in [-0.2, 0) is 10.2 Å². The molecule has 0 fully saturated rings. The fourth-order valence-corrected chi connectivity index (χ4v) is 5.19. The van der Waals surface area contributed by atoms with Crippen LogP contribution in [0.25, 0.3) is 11.1 Å². The van der Waals surface area contributed by atoms with E-state index in [1.807, 2.05) is 0 Å². The summed E-state index contributed by atoms with van der Waals surface area (Å²) >= 11 is 7.61. The van der Waals surface area contributed by atoms with Crippen LogP contribution in [0.1, 0.15) is 29.3 Å². The third-order valence-electron chi connectivity index (χ3n) is 5.34. The van der Waals surface area contributed by atoms with E-state index >= 15 is 0 Å². The summed E-state index contributed by atoms with van der Waals surface area (Å²) in [5, 5.41) is 3.18. The maximum Gasteiger partial charge on any atom is 0.243 e. The number of methoxy groups -OCH3 is 1. The Hall–Kier alpha value is -2.70. The molecule has 2 aromatic carbocycles. The fraction of sp³-hybridized carbons (Fsp3) is 0.182. The zero-order valence-corrected chi connectivity index (χ0v) is 17.3. The van der Waals surface area contributed by atoms with E-state index < -0.39 is 22.9 Å². The number of carbonyl (C=O) groups excluding carboxylic acids is 2. The Labute approximate surface area is 176 Å². The monoisotopic (exact) mass is 429 g/mol. The molecule has 0 saturated heterocycles. The molecular weight excluding hydrogens is 413 g/mol. The highest BCUT2D eigenvalue weighted by atomic mass is 35.5. The Morgan fingerprint density at radius 3 is 2.41 bits per heavy atom.